The van der Waals surface area contributed by atoms with Gasteiger partial charge in [0, 0.05) is 7.11 Å². The summed E-state index contributed by atoms with van der Waals surface area (Å²) in [5.41, 5.74) is 1.38. The van der Waals surface area contributed by atoms with Crippen LogP contribution in [0.3, 0.4) is 0 Å². The molecule has 0 radical (unpaired) electrons. The normalized spacial score (nSPS) is 10.1. The van der Waals surface area contributed by atoms with E-state index in [9.17, 15) is 4.79 Å². The minimum Gasteiger partial charge on any atom is -0.478 e. The molecule has 1 heterocycles. The van der Waals surface area contributed by atoms with Crippen LogP contribution in [0.4, 0.5) is 0 Å². The minimum atomic E-state index is -0.976. The van der Waals surface area contributed by atoms with Gasteiger partial charge < -0.3 is 14.8 Å². The average molecular weight is 243 g/mol. The molecular weight excluding hydrogens is 232 g/mol. The van der Waals surface area contributed by atoms with E-state index in [1.165, 1.54) is 6.07 Å². The quantitative estimate of drug-likeness (QED) is 0.861. The van der Waals surface area contributed by atoms with Gasteiger partial charge in [-0.15, -0.1) is 12.4 Å². The molecule has 0 aliphatic carbocycles. The Morgan fingerprint density at radius 1 is 1.56 bits per heavy atom. The van der Waals surface area contributed by atoms with E-state index in [1.54, 1.807) is 19.2 Å². The molecule has 0 spiro atoms. The number of nitrogens with zero attached hydrogens (tertiary/aromatic N) is 1. The van der Waals surface area contributed by atoms with Crippen LogP contribution < -0.4 is 0 Å². The first-order chi connectivity index (χ1) is 7.22. The van der Waals surface area contributed by atoms with Crippen LogP contribution in [0.5, 0.6) is 0 Å². The Morgan fingerprint density at radius 2 is 2.31 bits per heavy atom. The highest BCUT2D eigenvalue weighted by molar-refractivity contribution is 6.00. The molecule has 0 amide bonds. The Kier molecular flexibility index (Phi) is 3.87. The second kappa shape index (κ2) is 4.96. The number of nitrogens with one attached hydrogen (secondary N) is 1. The topological polar surface area (TPSA) is 75.2 Å². The fourth-order valence-corrected chi connectivity index (χ4v) is 1.46. The molecule has 5 nitrogen and oxygen atoms in total. The van der Waals surface area contributed by atoms with Crippen LogP contribution in [0.1, 0.15) is 16.2 Å². The van der Waals surface area contributed by atoms with Crippen LogP contribution in [0, 0.1) is 0 Å². The van der Waals surface area contributed by atoms with Crippen molar-refractivity contribution in [1.29, 1.82) is 0 Å². The summed E-state index contributed by atoms with van der Waals surface area (Å²) in [5.74, 6) is -0.350. The number of aromatic carboxylic acids is 1. The zero-order valence-electron chi connectivity index (χ0n) is 8.56. The number of ether oxygens (including phenoxy) is 1. The van der Waals surface area contributed by atoms with Crippen molar-refractivity contribution in [2.45, 2.75) is 6.61 Å². The number of hydrogen-bond donors (Lipinski definition) is 2. The maximum absolute atomic E-state index is 10.9. The van der Waals surface area contributed by atoms with Crippen LogP contribution in [0.15, 0.2) is 18.2 Å². The molecule has 1 aromatic heterocycles. The first-order valence-electron chi connectivity index (χ1n) is 4.42. The summed E-state index contributed by atoms with van der Waals surface area (Å²) < 4.78 is 4.92. The standard InChI is InChI=1S/C10H10N2O3.ClH/c1-15-5-8-11-7-4-2-3-6(10(13)14)9(7)12-8;/h2-4H,5H2,1H3,(H,11,12)(H,13,14);1H. The van der Waals surface area contributed by atoms with Gasteiger partial charge >= 0.3 is 5.97 Å². The Hall–Kier alpha value is -1.59. The van der Waals surface area contributed by atoms with Gasteiger partial charge in [-0.1, -0.05) is 6.07 Å². The second-order valence-electron chi connectivity index (χ2n) is 3.12. The number of halogens is 1. The molecule has 0 saturated heterocycles. The highest BCUT2D eigenvalue weighted by atomic mass is 35.5. The van der Waals surface area contributed by atoms with Gasteiger partial charge in [0.25, 0.3) is 0 Å². The van der Waals surface area contributed by atoms with E-state index in [4.69, 9.17) is 9.84 Å². The third-order valence-corrected chi connectivity index (χ3v) is 2.07. The molecule has 2 aromatic rings. The van der Waals surface area contributed by atoms with E-state index in [0.717, 1.165) is 0 Å². The number of benzene rings is 1. The molecule has 86 valence electrons. The number of fused-ring (bicyclic) bond motifs is 1. The molecule has 0 unspecified atom stereocenters. The van der Waals surface area contributed by atoms with Gasteiger partial charge in [0.1, 0.15) is 17.9 Å². The summed E-state index contributed by atoms with van der Waals surface area (Å²) in [7, 11) is 1.56. The number of carboxylic acids is 1. The fraction of sp³-hybridized carbons (Fsp3) is 0.200. The molecule has 0 bridgehead atoms. The molecule has 6 heteroatoms. The van der Waals surface area contributed by atoms with Crippen molar-refractivity contribution in [1.82, 2.24) is 9.97 Å². The number of H-pyrrole nitrogens is 1. The molecule has 0 aliphatic heterocycles. The molecule has 1 aromatic carbocycles. The van der Waals surface area contributed by atoms with Crippen molar-refractivity contribution in [2.24, 2.45) is 0 Å². The van der Waals surface area contributed by atoms with Gasteiger partial charge in [0.05, 0.1) is 11.1 Å². The van der Waals surface area contributed by atoms with E-state index < -0.39 is 5.97 Å². The van der Waals surface area contributed by atoms with Crippen molar-refractivity contribution in [3.63, 3.8) is 0 Å². The van der Waals surface area contributed by atoms with Crippen LogP contribution in [-0.2, 0) is 11.3 Å². The maximum atomic E-state index is 10.9. The zero-order valence-corrected chi connectivity index (χ0v) is 9.37. The minimum absolute atomic E-state index is 0. The summed E-state index contributed by atoms with van der Waals surface area (Å²) in [4.78, 5) is 18.1. The average Bonchev–Trinajstić information content (AvgIpc) is 2.59. The first kappa shape index (κ1) is 12.5. The Labute approximate surface area is 97.9 Å². The monoisotopic (exact) mass is 242 g/mol. The van der Waals surface area contributed by atoms with Crippen LogP contribution in [-0.4, -0.2) is 28.2 Å². The predicted molar refractivity (Wildman–Crippen MR) is 61.0 cm³/mol. The lowest BCUT2D eigenvalue weighted by molar-refractivity contribution is 0.0699. The lowest BCUT2D eigenvalue weighted by atomic mass is 10.2. The molecule has 16 heavy (non-hydrogen) atoms. The van der Waals surface area contributed by atoms with Crippen LogP contribution >= 0.6 is 12.4 Å². The number of rotatable bonds is 3. The summed E-state index contributed by atoms with van der Waals surface area (Å²) >= 11 is 0. The van der Waals surface area contributed by atoms with Crippen molar-refractivity contribution < 1.29 is 14.6 Å². The lowest BCUT2D eigenvalue weighted by Crippen LogP contribution is -1.97. The number of methoxy groups -OCH3 is 1. The highest BCUT2D eigenvalue weighted by Gasteiger charge is 2.11. The SMILES string of the molecule is COCc1nc2c(C(=O)O)cccc2[nH]1.Cl. The van der Waals surface area contributed by atoms with E-state index >= 15 is 0 Å². The van der Waals surface area contributed by atoms with Crippen molar-refractivity contribution >= 4 is 29.4 Å². The van der Waals surface area contributed by atoms with Gasteiger partial charge in [-0.3, -0.25) is 0 Å². The molecule has 2 rings (SSSR count). The van der Waals surface area contributed by atoms with E-state index in [0.29, 0.717) is 23.5 Å². The summed E-state index contributed by atoms with van der Waals surface area (Å²) in [6.07, 6.45) is 0. The lowest BCUT2D eigenvalue weighted by Gasteiger charge is -1.93. The number of hydrogen-bond acceptors (Lipinski definition) is 3. The highest BCUT2D eigenvalue weighted by Crippen LogP contribution is 2.16. The maximum Gasteiger partial charge on any atom is 0.337 e. The number of aromatic amines is 1. The Balaban J connectivity index is 0.00000128. The molecule has 0 fully saturated rings. The van der Waals surface area contributed by atoms with Gasteiger partial charge in [-0.05, 0) is 12.1 Å². The molecule has 2 N–H and O–H groups in total. The van der Waals surface area contributed by atoms with Gasteiger partial charge in [-0.25, -0.2) is 9.78 Å². The molecule has 0 saturated carbocycles. The van der Waals surface area contributed by atoms with Gasteiger partial charge in [0.15, 0.2) is 0 Å². The molecule has 0 aliphatic rings. The largest absolute Gasteiger partial charge is 0.478 e. The molecular formula is C10H11ClN2O3. The first-order valence-corrected chi connectivity index (χ1v) is 4.42. The van der Waals surface area contributed by atoms with Gasteiger partial charge in [-0.2, -0.15) is 0 Å². The predicted octanol–water partition coefficient (Wildman–Crippen LogP) is 1.83. The summed E-state index contributed by atoms with van der Waals surface area (Å²) in [5, 5.41) is 8.94. The van der Waals surface area contributed by atoms with Crippen LogP contribution in [0.25, 0.3) is 11.0 Å². The second-order valence-corrected chi connectivity index (χ2v) is 3.12. The number of carboxylic acid groups (broad SMARTS) is 1. The van der Waals surface area contributed by atoms with E-state index in [2.05, 4.69) is 9.97 Å². The Morgan fingerprint density at radius 3 is 2.94 bits per heavy atom. The van der Waals surface area contributed by atoms with Gasteiger partial charge in [0.2, 0.25) is 0 Å². The third-order valence-electron chi connectivity index (χ3n) is 2.07. The Bertz CT molecular complexity index is 510. The van der Waals surface area contributed by atoms with E-state index in [1.807, 2.05) is 0 Å². The number of aromatic nitrogens is 2. The number of carbonyl (C=O) groups is 1. The van der Waals surface area contributed by atoms with E-state index in [-0.39, 0.29) is 18.0 Å². The van der Waals surface area contributed by atoms with Crippen molar-refractivity contribution in [3.05, 3.63) is 29.6 Å². The zero-order chi connectivity index (χ0) is 10.8. The third kappa shape index (κ3) is 2.15. The summed E-state index contributed by atoms with van der Waals surface area (Å²) in [6.45, 7) is 0.341. The fourth-order valence-electron chi connectivity index (χ4n) is 1.46. The van der Waals surface area contributed by atoms with Crippen LogP contribution in [0.2, 0.25) is 0 Å². The number of imidazole rings is 1. The van der Waals surface area contributed by atoms with Crippen molar-refractivity contribution in [2.75, 3.05) is 7.11 Å². The number of para-hydroxylation sites is 1. The van der Waals surface area contributed by atoms with Crippen molar-refractivity contribution in [3.8, 4) is 0 Å². The molecule has 0 atom stereocenters. The smallest absolute Gasteiger partial charge is 0.337 e. The summed E-state index contributed by atoms with van der Waals surface area (Å²) in [6, 6.07) is 5.00.